The van der Waals surface area contributed by atoms with Gasteiger partial charge in [0.1, 0.15) is 5.82 Å². The van der Waals surface area contributed by atoms with E-state index in [9.17, 15) is 4.39 Å². The molecule has 1 aromatic heterocycles. The summed E-state index contributed by atoms with van der Waals surface area (Å²) in [6.07, 6.45) is 2.54. The second-order valence-corrected chi connectivity index (χ2v) is 4.85. The average molecular weight is 274 g/mol. The van der Waals surface area contributed by atoms with Crippen LogP contribution in [0.3, 0.4) is 0 Å². The maximum Gasteiger partial charge on any atom is 0.213 e. The van der Waals surface area contributed by atoms with Crippen molar-refractivity contribution in [2.45, 2.75) is 26.2 Å². The highest BCUT2D eigenvalue weighted by Gasteiger charge is 2.14. The maximum absolute atomic E-state index is 13.9. The predicted octanol–water partition coefficient (Wildman–Crippen LogP) is 3.99. The number of anilines is 1. The van der Waals surface area contributed by atoms with Crippen molar-refractivity contribution in [3.8, 4) is 17.0 Å². The molecule has 0 amide bonds. The molecule has 0 aliphatic rings. The number of nitrogens with two attached hydrogens (primary N) is 1. The number of rotatable bonds is 4. The topological polar surface area (TPSA) is 48.1 Å². The molecule has 0 radical (unpaired) electrons. The molecule has 0 fully saturated rings. The summed E-state index contributed by atoms with van der Waals surface area (Å²) in [6, 6.07) is 6.53. The molecule has 0 aliphatic heterocycles. The molecule has 0 aliphatic carbocycles. The minimum absolute atomic E-state index is 0.216. The number of halogens is 1. The Morgan fingerprint density at radius 3 is 2.75 bits per heavy atom. The number of benzene rings is 1. The molecule has 0 spiro atoms. The van der Waals surface area contributed by atoms with Crippen molar-refractivity contribution in [1.82, 2.24) is 4.98 Å². The van der Waals surface area contributed by atoms with E-state index in [4.69, 9.17) is 10.5 Å². The van der Waals surface area contributed by atoms with Gasteiger partial charge < -0.3 is 10.5 Å². The molecule has 1 atom stereocenters. The quantitative estimate of drug-likeness (QED) is 0.857. The number of hydrogen-bond acceptors (Lipinski definition) is 3. The van der Waals surface area contributed by atoms with Crippen LogP contribution in [0, 0.1) is 5.82 Å². The molecule has 2 rings (SSSR count). The minimum atomic E-state index is -0.278. The first kappa shape index (κ1) is 14.3. The van der Waals surface area contributed by atoms with E-state index in [2.05, 4.69) is 11.9 Å². The molecule has 4 heteroatoms. The van der Waals surface area contributed by atoms with E-state index in [-0.39, 0.29) is 11.7 Å². The first-order valence-corrected chi connectivity index (χ1v) is 6.66. The zero-order chi connectivity index (χ0) is 14.7. The SMILES string of the molecule is CCC(C)c1cc(F)cc(-c2ccnc(OC)c2)c1N. The fourth-order valence-electron chi connectivity index (χ4n) is 2.19. The van der Waals surface area contributed by atoms with Crippen molar-refractivity contribution in [1.29, 1.82) is 0 Å². The van der Waals surface area contributed by atoms with Gasteiger partial charge in [0.05, 0.1) is 7.11 Å². The van der Waals surface area contributed by atoms with E-state index in [1.807, 2.05) is 6.92 Å². The third-order valence-electron chi connectivity index (χ3n) is 3.58. The van der Waals surface area contributed by atoms with Gasteiger partial charge in [-0.05, 0) is 41.7 Å². The fraction of sp³-hybridized carbons (Fsp3) is 0.312. The number of aromatic nitrogens is 1. The Hall–Kier alpha value is -2.10. The smallest absolute Gasteiger partial charge is 0.213 e. The van der Waals surface area contributed by atoms with Gasteiger partial charge in [-0.3, -0.25) is 0 Å². The highest BCUT2D eigenvalue weighted by molar-refractivity contribution is 5.79. The Kier molecular flexibility index (Phi) is 4.23. The lowest BCUT2D eigenvalue weighted by Gasteiger charge is -2.16. The molecule has 2 aromatic rings. The second kappa shape index (κ2) is 5.90. The lowest BCUT2D eigenvalue weighted by Crippen LogP contribution is -2.02. The zero-order valence-corrected chi connectivity index (χ0v) is 12.0. The predicted molar refractivity (Wildman–Crippen MR) is 79.3 cm³/mol. The summed E-state index contributed by atoms with van der Waals surface area (Å²) < 4.78 is 19.0. The summed E-state index contributed by atoms with van der Waals surface area (Å²) in [5.41, 5.74) is 9.17. The normalized spacial score (nSPS) is 12.2. The van der Waals surface area contributed by atoms with E-state index in [0.717, 1.165) is 17.5 Å². The number of hydrogen-bond donors (Lipinski definition) is 1. The second-order valence-electron chi connectivity index (χ2n) is 4.85. The zero-order valence-electron chi connectivity index (χ0n) is 12.0. The number of pyridine rings is 1. The fourth-order valence-corrected chi connectivity index (χ4v) is 2.19. The van der Waals surface area contributed by atoms with Gasteiger partial charge in [0.25, 0.3) is 0 Å². The molecule has 3 nitrogen and oxygen atoms in total. The van der Waals surface area contributed by atoms with Crippen molar-refractivity contribution < 1.29 is 9.13 Å². The summed E-state index contributed by atoms with van der Waals surface area (Å²) in [5, 5.41) is 0. The molecular weight excluding hydrogens is 255 g/mol. The molecule has 1 unspecified atom stereocenters. The molecular formula is C16H19FN2O. The monoisotopic (exact) mass is 274 g/mol. The van der Waals surface area contributed by atoms with Crippen molar-refractivity contribution in [2.24, 2.45) is 0 Å². The minimum Gasteiger partial charge on any atom is -0.481 e. The lowest BCUT2D eigenvalue weighted by molar-refractivity contribution is 0.398. The third-order valence-corrected chi connectivity index (χ3v) is 3.58. The van der Waals surface area contributed by atoms with Crippen molar-refractivity contribution >= 4 is 5.69 Å². The average Bonchev–Trinajstić information content (AvgIpc) is 2.48. The number of methoxy groups -OCH3 is 1. The standard InChI is InChI=1S/C16H19FN2O/c1-4-10(2)13-8-12(17)9-14(16(13)18)11-5-6-19-15(7-11)20-3/h5-10H,4,18H2,1-3H3. The Bertz CT molecular complexity index is 613. The third kappa shape index (κ3) is 2.74. The molecule has 106 valence electrons. The van der Waals surface area contributed by atoms with Crippen LogP contribution in [0.15, 0.2) is 30.5 Å². The van der Waals surface area contributed by atoms with E-state index in [1.165, 1.54) is 12.1 Å². The first-order chi connectivity index (χ1) is 9.56. The number of nitrogen functional groups attached to an aromatic ring is 1. The molecule has 0 bridgehead atoms. The van der Waals surface area contributed by atoms with Gasteiger partial charge in [0.2, 0.25) is 5.88 Å². The van der Waals surface area contributed by atoms with Crippen molar-refractivity contribution in [3.63, 3.8) is 0 Å². The summed E-state index contributed by atoms with van der Waals surface area (Å²) in [4.78, 5) is 4.05. The van der Waals surface area contributed by atoms with E-state index in [0.29, 0.717) is 17.1 Å². The van der Waals surface area contributed by atoms with E-state index >= 15 is 0 Å². The number of ether oxygens (including phenoxy) is 1. The summed E-state index contributed by atoms with van der Waals surface area (Å²) in [7, 11) is 1.55. The van der Waals surface area contributed by atoms with Gasteiger partial charge in [0, 0.05) is 23.5 Å². The molecule has 20 heavy (non-hydrogen) atoms. The molecule has 1 aromatic carbocycles. The van der Waals surface area contributed by atoms with Gasteiger partial charge in [-0.1, -0.05) is 13.8 Å². The van der Waals surface area contributed by atoms with Gasteiger partial charge in [-0.25, -0.2) is 9.37 Å². The van der Waals surface area contributed by atoms with Crippen LogP contribution < -0.4 is 10.5 Å². The molecule has 0 saturated heterocycles. The van der Waals surface area contributed by atoms with Crippen LogP contribution in [-0.2, 0) is 0 Å². The molecule has 2 N–H and O–H groups in total. The van der Waals surface area contributed by atoms with Crippen LogP contribution in [-0.4, -0.2) is 12.1 Å². The summed E-state index contributed by atoms with van der Waals surface area (Å²) in [6.45, 7) is 4.10. The van der Waals surface area contributed by atoms with E-state index in [1.54, 1.807) is 25.4 Å². The Balaban J connectivity index is 2.58. The van der Waals surface area contributed by atoms with Gasteiger partial charge in [-0.2, -0.15) is 0 Å². The van der Waals surface area contributed by atoms with Crippen LogP contribution >= 0.6 is 0 Å². The van der Waals surface area contributed by atoms with Crippen molar-refractivity contribution in [3.05, 3.63) is 41.8 Å². The summed E-state index contributed by atoms with van der Waals surface area (Å²) in [5.74, 6) is 0.421. The molecule has 0 saturated carbocycles. The molecule has 1 heterocycles. The highest BCUT2D eigenvalue weighted by Crippen LogP contribution is 2.35. The summed E-state index contributed by atoms with van der Waals surface area (Å²) >= 11 is 0. The van der Waals surface area contributed by atoms with Gasteiger partial charge in [0.15, 0.2) is 0 Å². The Morgan fingerprint density at radius 2 is 2.10 bits per heavy atom. The van der Waals surface area contributed by atoms with Crippen molar-refractivity contribution in [2.75, 3.05) is 12.8 Å². The number of nitrogens with zero attached hydrogens (tertiary/aromatic N) is 1. The lowest BCUT2D eigenvalue weighted by atomic mass is 9.92. The Morgan fingerprint density at radius 1 is 1.35 bits per heavy atom. The maximum atomic E-state index is 13.9. The van der Waals surface area contributed by atoms with E-state index < -0.39 is 0 Å². The largest absolute Gasteiger partial charge is 0.481 e. The van der Waals surface area contributed by atoms with Crippen LogP contribution in [0.5, 0.6) is 5.88 Å². The van der Waals surface area contributed by atoms with Crippen LogP contribution in [0.25, 0.3) is 11.1 Å². The van der Waals surface area contributed by atoms with Crippen LogP contribution in [0.1, 0.15) is 31.7 Å². The van der Waals surface area contributed by atoms with Gasteiger partial charge in [-0.15, -0.1) is 0 Å². The first-order valence-electron chi connectivity index (χ1n) is 6.66. The van der Waals surface area contributed by atoms with Gasteiger partial charge >= 0.3 is 0 Å². The Labute approximate surface area is 118 Å². The van der Waals surface area contributed by atoms with Crippen LogP contribution in [0.4, 0.5) is 10.1 Å². The highest BCUT2D eigenvalue weighted by atomic mass is 19.1. The van der Waals surface area contributed by atoms with Crippen LogP contribution in [0.2, 0.25) is 0 Å².